The first kappa shape index (κ1) is 10.2. The van der Waals surface area contributed by atoms with E-state index in [1.54, 1.807) is 0 Å². The molecule has 80 valence electrons. The summed E-state index contributed by atoms with van der Waals surface area (Å²) in [5.74, 6) is -0.256. The molecule has 2 rings (SSSR count). The van der Waals surface area contributed by atoms with E-state index in [0.29, 0.717) is 6.61 Å². The summed E-state index contributed by atoms with van der Waals surface area (Å²) in [6.45, 7) is 0.506. The van der Waals surface area contributed by atoms with E-state index in [0.717, 1.165) is 18.4 Å². The van der Waals surface area contributed by atoms with Gasteiger partial charge in [0.2, 0.25) is 0 Å². The largest absolute Gasteiger partial charge is 0.461 e. The predicted molar refractivity (Wildman–Crippen MR) is 55.2 cm³/mol. The Morgan fingerprint density at radius 1 is 1.27 bits per heavy atom. The van der Waals surface area contributed by atoms with Gasteiger partial charge < -0.3 is 9.47 Å². The van der Waals surface area contributed by atoms with Crippen molar-refractivity contribution in [1.82, 2.24) is 0 Å². The molecule has 0 saturated heterocycles. The highest BCUT2D eigenvalue weighted by molar-refractivity contribution is 5.71. The quantitative estimate of drug-likeness (QED) is 0.690. The summed E-state index contributed by atoms with van der Waals surface area (Å²) in [5, 5.41) is 0. The standard InChI is InChI=1S/C12H14O3/c13-12(15-11-6-7-11)9-14-8-10-4-2-1-3-5-10/h1-5,11H,6-9H2. The molecule has 1 aliphatic rings. The second-order valence-corrected chi connectivity index (χ2v) is 3.67. The van der Waals surface area contributed by atoms with Crippen molar-refractivity contribution in [2.24, 2.45) is 0 Å². The molecule has 0 unspecified atom stereocenters. The summed E-state index contributed by atoms with van der Waals surface area (Å²) in [4.78, 5) is 11.1. The Hall–Kier alpha value is -1.35. The van der Waals surface area contributed by atoms with E-state index in [9.17, 15) is 4.79 Å². The fourth-order valence-electron chi connectivity index (χ4n) is 1.23. The number of ether oxygens (including phenoxy) is 2. The van der Waals surface area contributed by atoms with Crippen LogP contribution in [0.4, 0.5) is 0 Å². The van der Waals surface area contributed by atoms with E-state index in [1.807, 2.05) is 30.3 Å². The Balaban J connectivity index is 1.63. The second kappa shape index (κ2) is 4.94. The van der Waals surface area contributed by atoms with Gasteiger partial charge in [-0.25, -0.2) is 4.79 Å². The summed E-state index contributed by atoms with van der Waals surface area (Å²) in [6.07, 6.45) is 2.17. The summed E-state index contributed by atoms with van der Waals surface area (Å²) in [5.41, 5.74) is 1.07. The van der Waals surface area contributed by atoms with Crippen LogP contribution in [0.2, 0.25) is 0 Å². The minimum atomic E-state index is -0.256. The van der Waals surface area contributed by atoms with Crippen LogP contribution in [0.15, 0.2) is 30.3 Å². The molecule has 0 amide bonds. The van der Waals surface area contributed by atoms with Gasteiger partial charge in [-0.2, -0.15) is 0 Å². The van der Waals surface area contributed by atoms with E-state index in [-0.39, 0.29) is 18.7 Å². The lowest BCUT2D eigenvalue weighted by Crippen LogP contribution is -2.13. The van der Waals surface area contributed by atoms with E-state index >= 15 is 0 Å². The van der Waals surface area contributed by atoms with Crippen molar-refractivity contribution >= 4 is 5.97 Å². The summed E-state index contributed by atoms with van der Waals surface area (Å²) in [7, 11) is 0. The zero-order valence-electron chi connectivity index (χ0n) is 8.52. The van der Waals surface area contributed by atoms with Gasteiger partial charge in [-0.3, -0.25) is 0 Å². The molecule has 15 heavy (non-hydrogen) atoms. The molecule has 1 fully saturated rings. The number of esters is 1. The van der Waals surface area contributed by atoms with Crippen LogP contribution in [0.5, 0.6) is 0 Å². The molecule has 1 aliphatic carbocycles. The number of rotatable bonds is 5. The van der Waals surface area contributed by atoms with Crippen LogP contribution in [0.3, 0.4) is 0 Å². The predicted octanol–water partition coefficient (Wildman–Crippen LogP) is 1.91. The fraction of sp³-hybridized carbons (Fsp3) is 0.417. The van der Waals surface area contributed by atoms with Crippen molar-refractivity contribution < 1.29 is 14.3 Å². The molecule has 1 aromatic carbocycles. The molecule has 0 spiro atoms. The van der Waals surface area contributed by atoms with Crippen LogP contribution >= 0.6 is 0 Å². The Labute approximate surface area is 89.0 Å². The number of hydrogen-bond acceptors (Lipinski definition) is 3. The minimum Gasteiger partial charge on any atom is -0.461 e. The third kappa shape index (κ3) is 3.72. The Morgan fingerprint density at radius 3 is 2.67 bits per heavy atom. The van der Waals surface area contributed by atoms with Gasteiger partial charge in [0.25, 0.3) is 0 Å². The Kier molecular flexibility index (Phi) is 3.35. The molecule has 0 N–H and O–H groups in total. The van der Waals surface area contributed by atoms with Gasteiger partial charge in [0.15, 0.2) is 0 Å². The van der Waals surface area contributed by atoms with Crippen molar-refractivity contribution in [2.75, 3.05) is 6.61 Å². The number of carbonyl (C=O) groups excluding carboxylic acids is 1. The Bertz CT molecular complexity index is 317. The molecule has 3 nitrogen and oxygen atoms in total. The monoisotopic (exact) mass is 206 g/mol. The molecule has 1 saturated carbocycles. The molecule has 0 heterocycles. The van der Waals surface area contributed by atoms with Crippen LogP contribution in [-0.2, 0) is 20.9 Å². The fourth-order valence-corrected chi connectivity index (χ4v) is 1.23. The lowest BCUT2D eigenvalue weighted by Gasteiger charge is -2.04. The number of hydrogen-bond donors (Lipinski definition) is 0. The van der Waals surface area contributed by atoms with Crippen molar-refractivity contribution in [3.05, 3.63) is 35.9 Å². The normalized spacial score (nSPS) is 14.9. The zero-order chi connectivity index (χ0) is 10.5. The first-order valence-electron chi connectivity index (χ1n) is 5.16. The minimum absolute atomic E-state index is 0.0470. The number of carbonyl (C=O) groups is 1. The van der Waals surface area contributed by atoms with E-state index in [1.165, 1.54) is 0 Å². The average molecular weight is 206 g/mol. The van der Waals surface area contributed by atoms with Crippen LogP contribution in [0.25, 0.3) is 0 Å². The molecule has 0 aliphatic heterocycles. The average Bonchev–Trinajstić information content (AvgIpc) is 3.03. The van der Waals surface area contributed by atoms with Crippen molar-refractivity contribution in [2.45, 2.75) is 25.6 Å². The highest BCUT2D eigenvalue weighted by Gasteiger charge is 2.25. The number of benzene rings is 1. The van der Waals surface area contributed by atoms with Gasteiger partial charge in [-0.15, -0.1) is 0 Å². The van der Waals surface area contributed by atoms with Gasteiger partial charge in [0.1, 0.15) is 12.7 Å². The SMILES string of the molecule is O=C(COCc1ccccc1)OC1CC1. The maximum Gasteiger partial charge on any atom is 0.332 e. The maximum atomic E-state index is 11.1. The molecule has 3 heteroatoms. The third-order valence-corrected chi connectivity index (χ3v) is 2.15. The summed E-state index contributed by atoms with van der Waals surface area (Å²) < 4.78 is 10.3. The third-order valence-electron chi connectivity index (χ3n) is 2.15. The molecular formula is C12H14O3. The second-order valence-electron chi connectivity index (χ2n) is 3.67. The van der Waals surface area contributed by atoms with Crippen LogP contribution in [-0.4, -0.2) is 18.7 Å². The van der Waals surface area contributed by atoms with Gasteiger partial charge in [0.05, 0.1) is 6.61 Å². The molecule has 0 atom stereocenters. The molecule has 0 bridgehead atoms. The van der Waals surface area contributed by atoms with E-state index in [2.05, 4.69) is 0 Å². The summed E-state index contributed by atoms with van der Waals surface area (Å²) >= 11 is 0. The smallest absolute Gasteiger partial charge is 0.332 e. The first-order valence-corrected chi connectivity index (χ1v) is 5.16. The molecule has 0 radical (unpaired) electrons. The van der Waals surface area contributed by atoms with Gasteiger partial charge >= 0.3 is 5.97 Å². The van der Waals surface area contributed by atoms with Crippen molar-refractivity contribution in [3.8, 4) is 0 Å². The highest BCUT2D eigenvalue weighted by Crippen LogP contribution is 2.23. The lowest BCUT2D eigenvalue weighted by atomic mass is 10.2. The van der Waals surface area contributed by atoms with Gasteiger partial charge in [-0.05, 0) is 18.4 Å². The van der Waals surface area contributed by atoms with Crippen LogP contribution < -0.4 is 0 Å². The van der Waals surface area contributed by atoms with Gasteiger partial charge in [-0.1, -0.05) is 30.3 Å². The Morgan fingerprint density at radius 2 is 2.00 bits per heavy atom. The topological polar surface area (TPSA) is 35.5 Å². The van der Waals surface area contributed by atoms with E-state index in [4.69, 9.17) is 9.47 Å². The van der Waals surface area contributed by atoms with Crippen molar-refractivity contribution in [3.63, 3.8) is 0 Å². The van der Waals surface area contributed by atoms with E-state index < -0.39 is 0 Å². The maximum absolute atomic E-state index is 11.1. The lowest BCUT2D eigenvalue weighted by molar-refractivity contribution is -0.150. The molecule has 1 aromatic rings. The highest BCUT2D eigenvalue weighted by atomic mass is 16.6. The van der Waals surface area contributed by atoms with Crippen LogP contribution in [0, 0.1) is 0 Å². The molecular weight excluding hydrogens is 192 g/mol. The van der Waals surface area contributed by atoms with Crippen molar-refractivity contribution in [1.29, 1.82) is 0 Å². The first-order chi connectivity index (χ1) is 7.34. The van der Waals surface area contributed by atoms with Gasteiger partial charge in [0, 0.05) is 0 Å². The van der Waals surface area contributed by atoms with Crippen LogP contribution in [0.1, 0.15) is 18.4 Å². The zero-order valence-corrected chi connectivity index (χ0v) is 8.52. The molecule has 0 aromatic heterocycles. The summed E-state index contributed by atoms with van der Waals surface area (Å²) in [6, 6.07) is 9.77.